The van der Waals surface area contributed by atoms with Gasteiger partial charge in [0.05, 0.1) is 53.1 Å². The molecule has 160 valence electrons. The number of nitrogens with one attached hydrogen (secondary N) is 2. The zero-order chi connectivity index (χ0) is 23.7. The van der Waals surface area contributed by atoms with E-state index in [1.807, 2.05) is 6.08 Å². The molecule has 2 aromatic heterocycles. The molecule has 0 aliphatic carbocycles. The Balaban J connectivity index is 2.10. The molecule has 8 nitrogen and oxygen atoms in total. The van der Waals surface area contributed by atoms with E-state index in [1.165, 1.54) is 10.9 Å². The number of carbonyl (C=O) groups excluding carboxylic acids is 2. The van der Waals surface area contributed by atoms with Gasteiger partial charge in [-0.3, -0.25) is 14.5 Å². The van der Waals surface area contributed by atoms with Crippen molar-refractivity contribution in [3.63, 3.8) is 0 Å². The van der Waals surface area contributed by atoms with Crippen molar-refractivity contribution < 1.29 is 14.3 Å². The van der Waals surface area contributed by atoms with E-state index < -0.39 is 28.9 Å². The molecule has 0 aromatic carbocycles. The Bertz CT molecular complexity index is 1040. The largest absolute Gasteiger partial charge is 0.444 e. The van der Waals surface area contributed by atoms with Crippen molar-refractivity contribution in [2.75, 3.05) is 5.32 Å². The summed E-state index contributed by atoms with van der Waals surface area (Å²) in [7, 11) is 17.7. The third-order valence-electron chi connectivity index (χ3n) is 4.72. The van der Waals surface area contributed by atoms with E-state index in [9.17, 15) is 9.59 Å². The van der Waals surface area contributed by atoms with Crippen molar-refractivity contribution >= 4 is 41.2 Å². The molecule has 11 heteroatoms. The van der Waals surface area contributed by atoms with Gasteiger partial charge in [0.25, 0.3) is 0 Å². The molecule has 2 bridgehead atoms. The number of hydrogen-bond donors (Lipinski definition) is 2. The van der Waals surface area contributed by atoms with Gasteiger partial charge in [0, 0.05) is 6.20 Å². The van der Waals surface area contributed by atoms with Gasteiger partial charge in [-0.05, 0) is 50.1 Å². The van der Waals surface area contributed by atoms with Crippen LogP contribution >= 0.6 is 0 Å². The molecule has 3 heterocycles. The van der Waals surface area contributed by atoms with Crippen molar-refractivity contribution in [3.8, 4) is 11.4 Å². The van der Waals surface area contributed by atoms with Crippen LogP contribution in [0.15, 0.2) is 36.7 Å². The average Bonchev–Trinajstić information content (AvgIpc) is 3.09. The molecule has 32 heavy (non-hydrogen) atoms. The van der Waals surface area contributed by atoms with Crippen LogP contribution in [0.2, 0.25) is 0 Å². The van der Waals surface area contributed by atoms with Crippen LogP contribution in [-0.4, -0.2) is 55.9 Å². The topological polar surface area (TPSA) is 98.1 Å². The van der Waals surface area contributed by atoms with E-state index >= 15 is 0 Å². The number of aromatic nitrogens is 3. The third-order valence-corrected chi connectivity index (χ3v) is 4.72. The van der Waals surface area contributed by atoms with E-state index in [4.69, 9.17) is 28.3 Å². The number of nitrogens with zero attached hydrogens (tertiary/aromatic N) is 3. The predicted octanol–water partition coefficient (Wildman–Crippen LogP) is 2.12. The van der Waals surface area contributed by atoms with E-state index in [-0.39, 0.29) is 5.91 Å². The zero-order valence-electron chi connectivity index (χ0n) is 18.6. The van der Waals surface area contributed by atoms with Gasteiger partial charge in [0.2, 0.25) is 5.91 Å². The number of ether oxygens (including phenoxy) is 1. The van der Waals surface area contributed by atoms with Crippen LogP contribution in [-0.2, 0) is 14.8 Å². The van der Waals surface area contributed by atoms with Gasteiger partial charge in [-0.25, -0.2) is 4.79 Å². The van der Waals surface area contributed by atoms with E-state index in [0.29, 0.717) is 23.5 Å². The first-order chi connectivity index (χ1) is 14.8. The fourth-order valence-electron chi connectivity index (χ4n) is 3.25. The molecule has 2 amide bonds. The molecule has 1 aliphatic heterocycles. The summed E-state index contributed by atoms with van der Waals surface area (Å²) < 4.78 is 6.60. The molecule has 0 fully saturated rings. The summed E-state index contributed by atoms with van der Waals surface area (Å²) in [6.07, 6.45) is 6.50. The van der Waals surface area contributed by atoms with Crippen molar-refractivity contribution in [1.29, 1.82) is 0 Å². The molecular weight excluding hydrogens is 403 g/mol. The molecule has 0 saturated carbocycles. The fourth-order valence-corrected chi connectivity index (χ4v) is 3.25. The lowest BCUT2D eigenvalue weighted by Gasteiger charge is -2.26. The maximum atomic E-state index is 12.7. The molecule has 0 spiro atoms. The van der Waals surface area contributed by atoms with Gasteiger partial charge in [-0.1, -0.05) is 19.1 Å². The normalized spacial score (nSPS) is 20.2. The Morgan fingerprint density at radius 1 is 1.31 bits per heavy atom. The molecular formula is C21H24B3N5O3. The molecule has 0 saturated heterocycles. The van der Waals surface area contributed by atoms with Crippen LogP contribution in [0.3, 0.4) is 0 Å². The summed E-state index contributed by atoms with van der Waals surface area (Å²) in [5.74, 6) is -0.704. The highest BCUT2D eigenvalue weighted by Crippen LogP contribution is 2.32. The van der Waals surface area contributed by atoms with Gasteiger partial charge in [-0.15, -0.1) is 0 Å². The minimum Gasteiger partial charge on any atom is -0.444 e. The standard InChI is InChI=1S/C21H24B3N5O3/c1-12-6-5-7-14(28-19(31)32-20(2,3)4)13-8-9-25-15(10-13)17-16(27-18(12)30)11-26-29(17)21(22,23)24/h5-6,8-12,14H,7H2,1-4H3,(H,27,30)(H,28,31)/b6-5+/t12-,14+/m1/s1. The lowest BCUT2D eigenvalue weighted by atomic mass is 9.49. The minimum atomic E-state index is -1.83. The van der Waals surface area contributed by atoms with Crippen LogP contribution in [0.25, 0.3) is 11.4 Å². The van der Waals surface area contributed by atoms with E-state index in [2.05, 4.69) is 20.7 Å². The second-order valence-corrected chi connectivity index (χ2v) is 8.82. The van der Waals surface area contributed by atoms with Crippen molar-refractivity contribution in [2.24, 2.45) is 5.92 Å². The van der Waals surface area contributed by atoms with Gasteiger partial charge >= 0.3 is 6.09 Å². The van der Waals surface area contributed by atoms with E-state index in [1.54, 1.807) is 52.1 Å². The molecule has 3 rings (SSSR count). The number of fused-ring (bicyclic) bond motifs is 4. The maximum absolute atomic E-state index is 12.7. The predicted molar refractivity (Wildman–Crippen MR) is 124 cm³/mol. The van der Waals surface area contributed by atoms with Crippen LogP contribution in [0.5, 0.6) is 0 Å². The highest BCUT2D eigenvalue weighted by molar-refractivity contribution is 6.56. The van der Waals surface area contributed by atoms with Crippen LogP contribution in [0.4, 0.5) is 10.5 Å². The van der Waals surface area contributed by atoms with Crippen LogP contribution in [0, 0.1) is 5.92 Å². The number of rotatable bonds is 2. The quantitative estimate of drug-likeness (QED) is 0.566. The van der Waals surface area contributed by atoms with Gasteiger partial charge in [0.1, 0.15) is 11.3 Å². The number of anilines is 1. The molecule has 1 aliphatic rings. The summed E-state index contributed by atoms with van der Waals surface area (Å²) >= 11 is 0. The highest BCUT2D eigenvalue weighted by Gasteiger charge is 2.26. The molecule has 0 unspecified atom stereocenters. The smallest absolute Gasteiger partial charge is 0.408 e. The first-order valence-electron chi connectivity index (χ1n) is 10.2. The second kappa shape index (κ2) is 8.88. The van der Waals surface area contributed by atoms with Crippen molar-refractivity contribution in [3.05, 3.63) is 42.2 Å². The van der Waals surface area contributed by atoms with Gasteiger partial charge in [-0.2, -0.15) is 5.10 Å². The Morgan fingerprint density at radius 2 is 2.03 bits per heavy atom. The Morgan fingerprint density at radius 3 is 2.69 bits per heavy atom. The van der Waals surface area contributed by atoms with E-state index in [0.717, 1.165) is 5.56 Å². The SMILES string of the molecule is [B]C([B])([B])n1ncc2c1-c1cc(ccn1)[C@@H](NC(=O)OC(C)(C)C)C/C=C/[C@@H](C)C(=O)N2. The number of alkyl carbamates (subject to hydrolysis) is 1. The minimum absolute atomic E-state index is 0.257. The number of hydrogen-bond acceptors (Lipinski definition) is 5. The maximum Gasteiger partial charge on any atom is 0.408 e. The summed E-state index contributed by atoms with van der Waals surface area (Å²) in [5, 5.41) is 8.05. The van der Waals surface area contributed by atoms with Crippen molar-refractivity contribution in [1.82, 2.24) is 20.1 Å². The third kappa shape index (κ3) is 5.63. The number of pyridine rings is 1. The zero-order valence-corrected chi connectivity index (χ0v) is 18.6. The van der Waals surface area contributed by atoms with Crippen molar-refractivity contribution in [2.45, 2.75) is 51.0 Å². The highest BCUT2D eigenvalue weighted by atomic mass is 16.6. The van der Waals surface area contributed by atoms with Gasteiger partial charge in [0.15, 0.2) is 0 Å². The average molecular weight is 427 g/mol. The van der Waals surface area contributed by atoms with Gasteiger partial charge < -0.3 is 15.4 Å². The summed E-state index contributed by atoms with van der Waals surface area (Å²) in [5.41, 5.74) is 1.26. The Hall–Kier alpha value is -2.97. The number of carbonyl (C=O) groups is 2. The lowest BCUT2D eigenvalue weighted by Crippen LogP contribution is -2.37. The summed E-state index contributed by atoms with van der Waals surface area (Å²) in [6, 6.07) is 3.11. The van der Waals surface area contributed by atoms with Crippen LogP contribution < -0.4 is 10.6 Å². The first kappa shape index (κ1) is 23.7. The molecule has 6 radical (unpaired) electrons. The molecule has 2 N–H and O–H groups in total. The Labute approximate surface area is 191 Å². The number of amides is 2. The molecule has 2 atom stereocenters. The Kier molecular flexibility index (Phi) is 6.58. The fraction of sp³-hybridized carbons (Fsp3) is 0.429. The monoisotopic (exact) mass is 427 g/mol. The lowest BCUT2D eigenvalue weighted by molar-refractivity contribution is -0.118. The summed E-state index contributed by atoms with van der Waals surface area (Å²) in [6.45, 7) is 7.13. The first-order valence-corrected chi connectivity index (χ1v) is 10.2. The summed E-state index contributed by atoms with van der Waals surface area (Å²) in [4.78, 5) is 29.5. The second-order valence-electron chi connectivity index (χ2n) is 8.82. The molecule has 2 aromatic rings. The van der Waals surface area contributed by atoms with Crippen LogP contribution in [0.1, 0.15) is 45.7 Å².